The van der Waals surface area contributed by atoms with Crippen LogP contribution >= 0.6 is 11.6 Å². The number of halogens is 1. The Balaban J connectivity index is 2.82. The minimum absolute atomic E-state index is 0.344. The van der Waals surface area contributed by atoms with Gasteiger partial charge in [0.2, 0.25) is 10.0 Å². The number of hydrogen-bond acceptors (Lipinski definition) is 3. The van der Waals surface area contributed by atoms with Gasteiger partial charge in [0.05, 0.1) is 5.25 Å². The smallest absolute Gasteiger partial charge is 0.216 e. The standard InChI is InChI=1S/C12H19ClN2O2S/c1-9(8-14-3)18(16,17)15-10(2)11-6-4-5-7-12(11)13/h4-7,9-10,14-15H,8H2,1-3H3. The Morgan fingerprint density at radius 3 is 2.44 bits per heavy atom. The highest BCUT2D eigenvalue weighted by molar-refractivity contribution is 7.90. The molecule has 2 unspecified atom stereocenters. The van der Waals surface area contributed by atoms with Gasteiger partial charge in [-0.2, -0.15) is 0 Å². The fourth-order valence-electron chi connectivity index (χ4n) is 1.65. The first kappa shape index (κ1) is 15.4. The van der Waals surface area contributed by atoms with Crippen LogP contribution < -0.4 is 10.0 Å². The first-order valence-electron chi connectivity index (χ1n) is 5.78. The van der Waals surface area contributed by atoms with Crippen molar-refractivity contribution in [3.63, 3.8) is 0 Å². The van der Waals surface area contributed by atoms with Crippen LogP contribution in [-0.4, -0.2) is 27.3 Å². The van der Waals surface area contributed by atoms with Gasteiger partial charge in [-0.3, -0.25) is 0 Å². The molecule has 0 fully saturated rings. The average molecular weight is 291 g/mol. The second-order valence-corrected chi connectivity index (χ2v) is 6.81. The molecule has 0 radical (unpaired) electrons. The Labute approximate surface area is 114 Å². The molecule has 0 aliphatic heterocycles. The van der Waals surface area contributed by atoms with Crippen molar-refractivity contribution in [2.45, 2.75) is 25.1 Å². The second kappa shape index (κ2) is 6.52. The van der Waals surface area contributed by atoms with Gasteiger partial charge in [0.1, 0.15) is 0 Å². The summed E-state index contributed by atoms with van der Waals surface area (Å²) in [6.45, 7) is 3.85. The Morgan fingerprint density at radius 1 is 1.28 bits per heavy atom. The van der Waals surface area contributed by atoms with Gasteiger partial charge in [0.25, 0.3) is 0 Å². The SMILES string of the molecule is CNCC(C)S(=O)(=O)NC(C)c1ccccc1Cl. The lowest BCUT2D eigenvalue weighted by atomic mass is 10.1. The molecule has 0 aromatic heterocycles. The van der Waals surface area contributed by atoms with E-state index in [0.29, 0.717) is 11.6 Å². The van der Waals surface area contributed by atoms with Crippen LogP contribution in [0.2, 0.25) is 5.02 Å². The Morgan fingerprint density at radius 2 is 1.89 bits per heavy atom. The Kier molecular flexibility index (Phi) is 5.59. The number of nitrogens with one attached hydrogen (secondary N) is 2. The molecular weight excluding hydrogens is 272 g/mol. The maximum Gasteiger partial charge on any atom is 0.216 e. The third-order valence-corrected chi connectivity index (χ3v) is 4.99. The van der Waals surface area contributed by atoms with E-state index >= 15 is 0 Å². The monoisotopic (exact) mass is 290 g/mol. The summed E-state index contributed by atoms with van der Waals surface area (Å²) >= 11 is 6.04. The van der Waals surface area contributed by atoms with E-state index in [2.05, 4.69) is 10.0 Å². The Bertz CT molecular complexity index is 491. The van der Waals surface area contributed by atoms with Crippen LogP contribution in [0.1, 0.15) is 25.5 Å². The van der Waals surface area contributed by atoms with Crippen LogP contribution in [-0.2, 0) is 10.0 Å². The van der Waals surface area contributed by atoms with Crippen LogP contribution in [0, 0.1) is 0 Å². The van der Waals surface area contributed by atoms with Crippen LogP contribution in [0.5, 0.6) is 0 Å². The van der Waals surface area contributed by atoms with Gasteiger partial charge in [0.15, 0.2) is 0 Å². The predicted molar refractivity (Wildman–Crippen MR) is 75.3 cm³/mol. The van der Waals surface area contributed by atoms with E-state index < -0.39 is 15.3 Å². The lowest BCUT2D eigenvalue weighted by molar-refractivity contribution is 0.550. The summed E-state index contributed by atoms with van der Waals surface area (Å²) in [7, 11) is -1.63. The molecule has 0 spiro atoms. The number of hydrogen-bond donors (Lipinski definition) is 2. The van der Waals surface area contributed by atoms with E-state index in [9.17, 15) is 8.42 Å². The molecule has 0 bridgehead atoms. The summed E-state index contributed by atoms with van der Waals surface area (Å²) in [5.74, 6) is 0. The molecule has 0 amide bonds. The molecule has 1 aromatic rings. The van der Waals surface area contributed by atoms with Gasteiger partial charge in [-0.15, -0.1) is 0 Å². The van der Waals surface area contributed by atoms with Crippen molar-refractivity contribution in [2.24, 2.45) is 0 Å². The summed E-state index contributed by atoms with van der Waals surface area (Å²) in [4.78, 5) is 0. The molecule has 1 aromatic carbocycles. The normalized spacial score (nSPS) is 15.3. The molecular formula is C12H19ClN2O2S. The van der Waals surface area contributed by atoms with Crippen molar-refractivity contribution >= 4 is 21.6 Å². The summed E-state index contributed by atoms with van der Waals surface area (Å²) in [5, 5.41) is 2.92. The van der Waals surface area contributed by atoms with Gasteiger partial charge in [-0.25, -0.2) is 13.1 Å². The molecule has 6 heteroatoms. The Hall–Kier alpha value is -0.620. The van der Waals surface area contributed by atoms with Crippen molar-refractivity contribution in [1.29, 1.82) is 0 Å². The first-order valence-corrected chi connectivity index (χ1v) is 7.71. The zero-order valence-corrected chi connectivity index (χ0v) is 12.3. The highest BCUT2D eigenvalue weighted by Crippen LogP contribution is 2.23. The maximum atomic E-state index is 12.0. The zero-order valence-electron chi connectivity index (χ0n) is 10.8. The molecule has 2 N–H and O–H groups in total. The maximum absolute atomic E-state index is 12.0. The van der Waals surface area contributed by atoms with Gasteiger partial charge < -0.3 is 5.32 Å². The highest BCUT2D eigenvalue weighted by Gasteiger charge is 2.23. The molecule has 1 rings (SSSR count). The summed E-state index contributed by atoms with van der Waals surface area (Å²) in [6.07, 6.45) is 0. The fraction of sp³-hybridized carbons (Fsp3) is 0.500. The lowest BCUT2D eigenvalue weighted by Crippen LogP contribution is -2.39. The van der Waals surface area contributed by atoms with Crippen molar-refractivity contribution in [1.82, 2.24) is 10.0 Å². The van der Waals surface area contributed by atoms with Gasteiger partial charge in [-0.05, 0) is 32.5 Å². The number of benzene rings is 1. The van der Waals surface area contributed by atoms with Crippen molar-refractivity contribution in [2.75, 3.05) is 13.6 Å². The molecule has 2 atom stereocenters. The predicted octanol–water partition coefficient (Wildman–Crippen LogP) is 1.93. The highest BCUT2D eigenvalue weighted by atomic mass is 35.5. The van der Waals surface area contributed by atoms with E-state index in [1.54, 1.807) is 27.0 Å². The molecule has 18 heavy (non-hydrogen) atoms. The largest absolute Gasteiger partial charge is 0.318 e. The van der Waals surface area contributed by atoms with E-state index in [-0.39, 0.29) is 6.04 Å². The molecule has 0 saturated heterocycles. The molecule has 0 aliphatic rings. The molecule has 102 valence electrons. The van der Waals surface area contributed by atoms with E-state index in [1.165, 1.54) is 0 Å². The fourth-order valence-corrected chi connectivity index (χ4v) is 3.19. The van der Waals surface area contributed by atoms with Crippen molar-refractivity contribution in [3.05, 3.63) is 34.9 Å². The quantitative estimate of drug-likeness (QED) is 0.842. The minimum atomic E-state index is -3.36. The van der Waals surface area contributed by atoms with Gasteiger partial charge >= 0.3 is 0 Å². The lowest BCUT2D eigenvalue weighted by Gasteiger charge is -2.19. The van der Waals surface area contributed by atoms with Gasteiger partial charge in [-0.1, -0.05) is 29.8 Å². The van der Waals surface area contributed by atoms with E-state index in [0.717, 1.165) is 5.56 Å². The second-order valence-electron chi connectivity index (χ2n) is 4.27. The summed E-state index contributed by atoms with van der Waals surface area (Å²) in [5.41, 5.74) is 0.777. The van der Waals surface area contributed by atoms with Crippen LogP contribution in [0.25, 0.3) is 0 Å². The van der Waals surface area contributed by atoms with Crippen LogP contribution in [0.3, 0.4) is 0 Å². The van der Waals surface area contributed by atoms with Crippen molar-refractivity contribution < 1.29 is 8.42 Å². The third-order valence-electron chi connectivity index (χ3n) is 2.73. The van der Waals surface area contributed by atoms with Crippen molar-refractivity contribution in [3.8, 4) is 0 Å². The first-order chi connectivity index (χ1) is 8.38. The summed E-state index contributed by atoms with van der Waals surface area (Å²) in [6, 6.07) is 6.87. The number of rotatable bonds is 6. The van der Waals surface area contributed by atoms with E-state index in [4.69, 9.17) is 11.6 Å². The topological polar surface area (TPSA) is 58.2 Å². The van der Waals surface area contributed by atoms with Crippen LogP contribution in [0.4, 0.5) is 0 Å². The summed E-state index contributed by atoms with van der Waals surface area (Å²) < 4.78 is 26.7. The molecule has 0 heterocycles. The molecule has 0 saturated carbocycles. The average Bonchev–Trinajstić information content (AvgIpc) is 2.29. The minimum Gasteiger partial charge on any atom is -0.318 e. The molecule has 0 aliphatic carbocycles. The third kappa shape index (κ3) is 3.95. The van der Waals surface area contributed by atoms with Gasteiger partial charge in [0, 0.05) is 17.6 Å². The van der Waals surface area contributed by atoms with Crippen LogP contribution in [0.15, 0.2) is 24.3 Å². The number of sulfonamides is 1. The van der Waals surface area contributed by atoms with E-state index in [1.807, 2.05) is 18.2 Å². The molecule has 4 nitrogen and oxygen atoms in total. The zero-order chi connectivity index (χ0) is 13.8.